The number of hydrogen-bond acceptors (Lipinski definition) is 5. The zero-order valence-corrected chi connectivity index (χ0v) is 20.6. The molecule has 184 valence electrons. The maximum absolute atomic E-state index is 12.5. The molecule has 0 aliphatic rings. The summed E-state index contributed by atoms with van der Waals surface area (Å²) in [5, 5.41) is 8.98. The highest BCUT2D eigenvalue weighted by Gasteiger charge is 2.21. The number of sulfonamides is 1. The van der Waals surface area contributed by atoms with Crippen molar-refractivity contribution in [1.29, 1.82) is 0 Å². The summed E-state index contributed by atoms with van der Waals surface area (Å²) in [6.07, 6.45) is 4.12. The van der Waals surface area contributed by atoms with Crippen LogP contribution in [0.4, 0.5) is 0 Å². The van der Waals surface area contributed by atoms with Crippen LogP contribution in [-0.2, 0) is 23.0 Å². The number of carbonyl (C=O) groups is 1. The van der Waals surface area contributed by atoms with Crippen LogP contribution < -0.4 is 16.7 Å². The van der Waals surface area contributed by atoms with Crippen molar-refractivity contribution in [2.45, 2.75) is 24.8 Å². The minimum absolute atomic E-state index is 0.0527. The Morgan fingerprint density at radius 2 is 1.64 bits per heavy atom. The third kappa shape index (κ3) is 5.07. The number of primary amides is 1. The van der Waals surface area contributed by atoms with E-state index in [1.165, 1.54) is 6.07 Å². The molecular weight excluding hydrogens is 474 g/mol. The van der Waals surface area contributed by atoms with Gasteiger partial charge in [0.15, 0.2) is 0 Å². The Kier molecular flexibility index (Phi) is 7.05. The van der Waals surface area contributed by atoms with E-state index in [9.17, 15) is 13.2 Å². The second-order valence-electron chi connectivity index (χ2n) is 8.35. The van der Waals surface area contributed by atoms with Crippen molar-refractivity contribution >= 4 is 22.1 Å². The fraction of sp³-hybridized carbons (Fsp3) is 0.111. The third-order valence-corrected chi connectivity index (χ3v) is 6.97. The highest BCUT2D eigenvalue weighted by atomic mass is 32.2. The molecule has 9 heteroatoms. The van der Waals surface area contributed by atoms with Crippen LogP contribution in [0.25, 0.3) is 22.3 Å². The van der Waals surface area contributed by atoms with Gasteiger partial charge in [-0.2, -0.15) is 5.10 Å². The van der Waals surface area contributed by atoms with Gasteiger partial charge in [0.1, 0.15) is 0 Å². The molecule has 0 saturated carbocycles. The van der Waals surface area contributed by atoms with Crippen LogP contribution >= 0.6 is 0 Å². The largest absolute Gasteiger partial charge is 0.366 e. The van der Waals surface area contributed by atoms with Crippen LogP contribution in [-0.4, -0.2) is 25.1 Å². The van der Waals surface area contributed by atoms with Crippen molar-refractivity contribution in [2.75, 3.05) is 0 Å². The molecule has 3 aromatic carbocycles. The first-order valence-electron chi connectivity index (χ1n) is 11.3. The lowest BCUT2D eigenvalue weighted by molar-refractivity contribution is 0.1000. The minimum atomic E-state index is -3.88. The van der Waals surface area contributed by atoms with Gasteiger partial charge in [0.05, 0.1) is 16.7 Å². The van der Waals surface area contributed by atoms with Gasteiger partial charge in [0, 0.05) is 29.6 Å². The number of nitrogens with two attached hydrogens (primary N) is 3. The molecule has 0 atom stereocenters. The lowest BCUT2D eigenvalue weighted by Gasteiger charge is -2.10. The van der Waals surface area contributed by atoms with Gasteiger partial charge in [-0.25, -0.2) is 13.6 Å². The molecule has 1 aromatic heterocycles. The Morgan fingerprint density at radius 1 is 0.972 bits per heavy atom. The SMILES string of the molecule is CCc1c(C(N)=O)c(-c2ccc(-c3ccccc3S(N)(=O)=O)cc2)cn1Cc1cccc(C=NN)c1. The lowest BCUT2D eigenvalue weighted by Crippen LogP contribution is -2.15. The second-order valence-corrected chi connectivity index (χ2v) is 9.88. The highest BCUT2D eigenvalue weighted by Crippen LogP contribution is 2.33. The molecule has 0 aliphatic heterocycles. The van der Waals surface area contributed by atoms with Gasteiger partial charge in [-0.1, -0.05) is 67.6 Å². The average molecular weight is 502 g/mol. The molecule has 0 unspecified atom stereocenters. The zero-order valence-electron chi connectivity index (χ0n) is 19.8. The normalized spacial score (nSPS) is 11.7. The Morgan fingerprint density at radius 3 is 2.25 bits per heavy atom. The summed E-state index contributed by atoms with van der Waals surface area (Å²) in [5.41, 5.74) is 11.7. The first-order valence-corrected chi connectivity index (χ1v) is 12.8. The van der Waals surface area contributed by atoms with Crippen LogP contribution in [0, 0.1) is 0 Å². The number of carbonyl (C=O) groups excluding carboxylic acids is 1. The van der Waals surface area contributed by atoms with Gasteiger partial charge in [0.25, 0.3) is 5.91 Å². The molecule has 4 rings (SSSR count). The van der Waals surface area contributed by atoms with E-state index in [0.717, 1.165) is 22.4 Å². The Labute approximate surface area is 210 Å². The van der Waals surface area contributed by atoms with E-state index in [1.807, 2.05) is 66.2 Å². The monoisotopic (exact) mass is 501 g/mol. The van der Waals surface area contributed by atoms with E-state index >= 15 is 0 Å². The fourth-order valence-electron chi connectivity index (χ4n) is 4.45. The van der Waals surface area contributed by atoms with Crippen LogP contribution in [0.5, 0.6) is 0 Å². The maximum Gasteiger partial charge on any atom is 0.251 e. The molecular formula is C27H27N5O3S. The van der Waals surface area contributed by atoms with Crippen LogP contribution in [0.15, 0.2) is 89.0 Å². The van der Waals surface area contributed by atoms with E-state index in [1.54, 1.807) is 24.4 Å². The number of aromatic nitrogens is 1. The topological polar surface area (TPSA) is 147 Å². The van der Waals surface area contributed by atoms with Crippen molar-refractivity contribution in [3.63, 3.8) is 0 Å². The molecule has 0 fully saturated rings. The number of nitrogens with zero attached hydrogens (tertiary/aromatic N) is 2. The molecule has 0 bridgehead atoms. The van der Waals surface area contributed by atoms with Crippen molar-refractivity contribution in [3.05, 3.63) is 101 Å². The molecule has 6 N–H and O–H groups in total. The van der Waals surface area contributed by atoms with Crippen LogP contribution in [0.2, 0.25) is 0 Å². The number of hydrazone groups is 1. The first kappa shape index (κ1) is 24.9. The Bertz CT molecular complexity index is 1550. The Balaban J connectivity index is 1.76. The van der Waals surface area contributed by atoms with Gasteiger partial charge in [-0.15, -0.1) is 0 Å². The van der Waals surface area contributed by atoms with Gasteiger partial charge in [-0.05, 0) is 40.8 Å². The molecule has 1 amide bonds. The van der Waals surface area contributed by atoms with Gasteiger partial charge in [-0.3, -0.25) is 4.79 Å². The maximum atomic E-state index is 12.5. The highest BCUT2D eigenvalue weighted by molar-refractivity contribution is 7.89. The molecule has 0 saturated heterocycles. The minimum Gasteiger partial charge on any atom is -0.366 e. The molecule has 0 spiro atoms. The standard InChI is InChI=1S/C27H27N5O3S/c1-2-24-26(27(28)33)23(17-32(24)16-19-7-5-6-18(14-19)15-31-29)21-12-10-20(11-13-21)22-8-3-4-9-25(22)36(30,34)35/h3-15,17H,2,16,29H2,1H3,(H2,28,33)(H2,30,34,35). The fourth-order valence-corrected chi connectivity index (χ4v) is 5.21. The number of rotatable bonds is 8. The quantitative estimate of drug-likeness (QED) is 0.193. The molecule has 8 nitrogen and oxygen atoms in total. The summed E-state index contributed by atoms with van der Waals surface area (Å²) in [6, 6.07) is 21.7. The molecule has 1 heterocycles. The molecule has 0 radical (unpaired) electrons. The van der Waals surface area contributed by atoms with Gasteiger partial charge < -0.3 is 16.1 Å². The molecule has 0 aliphatic carbocycles. The smallest absolute Gasteiger partial charge is 0.251 e. The first-order chi connectivity index (χ1) is 17.2. The number of benzene rings is 3. The summed E-state index contributed by atoms with van der Waals surface area (Å²) in [7, 11) is -3.88. The van der Waals surface area contributed by atoms with E-state index in [2.05, 4.69) is 5.10 Å². The van der Waals surface area contributed by atoms with Gasteiger partial charge >= 0.3 is 0 Å². The predicted octanol–water partition coefficient (Wildman–Crippen LogP) is 3.47. The lowest BCUT2D eigenvalue weighted by atomic mass is 9.98. The summed E-state index contributed by atoms with van der Waals surface area (Å²) in [4.78, 5) is 12.6. The number of primary sulfonamides is 1. The second kappa shape index (κ2) is 10.2. The summed E-state index contributed by atoms with van der Waals surface area (Å²) in [6.45, 7) is 2.52. The van der Waals surface area contributed by atoms with Crippen molar-refractivity contribution in [1.82, 2.24) is 4.57 Å². The molecule has 36 heavy (non-hydrogen) atoms. The van der Waals surface area contributed by atoms with Crippen molar-refractivity contribution < 1.29 is 13.2 Å². The van der Waals surface area contributed by atoms with E-state index in [0.29, 0.717) is 35.2 Å². The van der Waals surface area contributed by atoms with Gasteiger partial charge in [0.2, 0.25) is 10.0 Å². The van der Waals surface area contributed by atoms with E-state index in [-0.39, 0.29) is 4.90 Å². The zero-order chi connectivity index (χ0) is 25.9. The summed E-state index contributed by atoms with van der Waals surface area (Å²) in [5.74, 6) is 4.78. The van der Waals surface area contributed by atoms with Crippen LogP contribution in [0.1, 0.15) is 34.1 Å². The summed E-state index contributed by atoms with van der Waals surface area (Å²) >= 11 is 0. The summed E-state index contributed by atoms with van der Waals surface area (Å²) < 4.78 is 26.1. The molecule has 4 aromatic rings. The Hall–Kier alpha value is -4.21. The number of hydrogen-bond donors (Lipinski definition) is 3. The van der Waals surface area contributed by atoms with Crippen molar-refractivity contribution in [2.24, 2.45) is 21.8 Å². The number of amides is 1. The van der Waals surface area contributed by atoms with E-state index in [4.69, 9.17) is 16.7 Å². The third-order valence-electron chi connectivity index (χ3n) is 6.00. The predicted molar refractivity (Wildman–Crippen MR) is 142 cm³/mol. The van der Waals surface area contributed by atoms with Crippen molar-refractivity contribution in [3.8, 4) is 22.3 Å². The average Bonchev–Trinajstić information content (AvgIpc) is 3.22. The van der Waals surface area contributed by atoms with Crippen LogP contribution in [0.3, 0.4) is 0 Å². The van der Waals surface area contributed by atoms with E-state index < -0.39 is 15.9 Å².